The molecule has 0 unspecified atom stereocenters. The first-order valence-electron chi connectivity index (χ1n) is 0.685. The summed E-state index contributed by atoms with van der Waals surface area (Å²) in [6, 6.07) is 0. The summed E-state index contributed by atoms with van der Waals surface area (Å²) in [5, 5.41) is 0. The van der Waals surface area contributed by atoms with Crippen molar-refractivity contribution < 1.29 is 8.42 Å². The summed E-state index contributed by atoms with van der Waals surface area (Å²) in [6.07, 6.45) is 0. The predicted molar refractivity (Wildman–Crippen MR) is 17.2 cm³/mol. The van der Waals surface area contributed by atoms with Crippen molar-refractivity contribution in [2.24, 2.45) is 3.88 Å². The van der Waals surface area contributed by atoms with Crippen LogP contribution in [0.25, 0.3) is 0 Å². The van der Waals surface area contributed by atoms with Crippen molar-refractivity contribution in [1.82, 2.24) is 0 Å². The van der Waals surface area contributed by atoms with Crippen LogP contribution in [0.1, 0.15) is 0 Å². The molecule has 0 heterocycles. The summed E-state index contributed by atoms with van der Waals surface area (Å²) in [7, 11) is -2.43. The van der Waals surface area contributed by atoms with Gasteiger partial charge in [0.15, 0.2) is 0 Å². The molecule has 0 saturated heterocycles. The molecule has 0 radical (unpaired) electrons. The zero-order valence-electron chi connectivity index (χ0n) is 2.05. The molecule has 0 aliphatic rings. The van der Waals surface area contributed by atoms with Gasteiger partial charge in [-0.1, -0.05) is 3.88 Å². The Morgan fingerprint density at radius 1 is 1.60 bits per heavy atom. The molecule has 0 bridgehead atoms. The summed E-state index contributed by atoms with van der Waals surface area (Å²) in [6.45, 7) is 0. The smallest absolute Gasteiger partial charge is 0.162 e. The monoisotopic (exact) mass is 113 g/mol. The molecule has 0 amide bonds. The van der Waals surface area contributed by atoms with E-state index in [0.717, 1.165) is 0 Å². The molecule has 30 valence electrons. The van der Waals surface area contributed by atoms with Gasteiger partial charge in [0.2, 0.25) is 0 Å². The highest BCUT2D eigenvalue weighted by Gasteiger charge is 1.50. The van der Waals surface area contributed by atoms with Gasteiger partial charge in [0.1, 0.15) is 0 Å². The van der Waals surface area contributed by atoms with Gasteiger partial charge in [-0.05, 0) is 0 Å². The van der Waals surface area contributed by atoms with E-state index >= 15 is 0 Å². The van der Waals surface area contributed by atoms with Crippen molar-refractivity contribution >= 4 is 22.3 Å². The fourth-order valence-corrected chi connectivity index (χ4v) is 0. The highest BCUT2D eigenvalue weighted by Crippen LogP contribution is 1.66. The first-order valence-corrected chi connectivity index (χ1v) is 2.05. The number of nitrogens with zero attached hydrogens (tertiary/aromatic N) is 1. The zero-order chi connectivity index (χ0) is 4.28. The molecule has 0 rings (SSSR count). The van der Waals surface area contributed by atoms with E-state index in [2.05, 4.69) is 15.7 Å². The molecule has 3 nitrogen and oxygen atoms in total. The SMILES string of the molecule is O=S(=O)=NCl. The van der Waals surface area contributed by atoms with E-state index < -0.39 is 10.5 Å². The van der Waals surface area contributed by atoms with E-state index in [0.29, 0.717) is 0 Å². The van der Waals surface area contributed by atoms with E-state index in [1.165, 1.54) is 0 Å². The molecule has 0 aromatic carbocycles. The molecule has 0 aliphatic heterocycles. The third kappa shape index (κ3) is 3.91. The minimum absolute atomic E-state index is 2.28. The first kappa shape index (κ1) is 4.91. The van der Waals surface area contributed by atoms with Gasteiger partial charge in [-0.3, -0.25) is 0 Å². The topological polar surface area (TPSA) is 46.5 Å². The van der Waals surface area contributed by atoms with Crippen LogP contribution in [0, 0.1) is 0 Å². The third-order valence-corrected chi connectivity index (χ3v) is 0.507. The largest absolute Gasteiger partial charge is 0.328 e. The second kappa shape index (κ2) is 2.17. The molecule has 0 aromatic rings. The van der Waals surface area contributed by atoms with Gasteiger partial charge in [0, 0.05) is 0 Å². The lowest BCUT2D eigenvalue weighted by Crippen LogP contribution is -1.40. The summed E-state index contributed by atoms with van der Waals surface area (Å²) >= 11 is 4.35. The van der Waals surface area contributed by atoms with E-state index in [-0.39, 0.29) is 0 Å². The van der Waals surface area contributed by atoms with Gasteiger partial charge in [0.25, 0.3) is 0 Å². The lowest BCUT2D eigenvalue weighted by Gasteiger charge is -1.36. The van der Waals surface area contributed by atoms with Gasteiger partial charge < -0.3 is 0 Å². The Kier molecular flexibility index (Phi) is 2.13. The van der Waals surface area contributed by atoms with Gasteiger partial charge in [-0.2, -0.15) is 8.42 Å². The Bertz CT molecular complexity index is 113. The van der Waals surface area contributed by atoms with Crippen LogP contribution in [-0.2, 0) is 10.5 Å². The zero-order valence-corrected chi connectivity index (χ0v) is 3.62. The average Bonchev–Trinajstić information content (AvgIpc) is 1.38. The van der Waals surface area contributed by atoms with Crippen LogP contribution in [0.2, 0.25) is 0 Å². The maximum atomic E-state index is 9.07. The van der Waals surface area contributed by atoms with Crippen LogP contribution in [0.3, 0.4) is 0 Å². The van der Waals surface area contributed by atoms with Crippen LogP contribution < -0.4 is 0 Å². The van der Waals surface area contributed by atoms with E-state index in [9.17, 15) is 0 Å². The Labute approximate surface area is 35.4 Å². The molecule has 0 atom stereocenters. The molecule has 0 fully saturated rings. The summed E-state index contributed by atoms with van der Waals surface area (Å²) in [4.78, 5) is 0. The van der Waals surface area contributed by atoms with Crippen molar-refractivity contribution in [3.05, 3.63) is 0 Å². The van der Waals surface area contributed by atoms with Gasteiger partial charge in [0.05, 0.1) is 11.8 Å². The van der Waals surface area contributed by atoms with Gasteiger partial charge in [-0.15, -0.1) is 0 Å². The first-order chi connectivity index (χ1) is 2.27. The van der Waals surface area contributed by atoms with Gasteiger partial charge >= 0.3 is 10.5 Å². The normalized spacial score (nSPS) is 6.60. The Morgan fingerprint density at radius 3 is 1.80 bits per heavy atom. The maximum absolute atomic E-state index is 9.07. The predicted octanol–water partition coefficient (Wildman–Crippen LogP) is 0.203. The summed E-state index contributed by atoms with van der Waals surface area (Å²) in [5.74, 6) is 0. The molecule has 0 aliphatic carbocycles. The molecule has 5 heavy (non-hydrogen) atoms. The highest BCUT2D eigenvalue weighted by molar-refractivity contribution is 7.62. The fraction of sp³-hybridized carbons (Fsp3) is 0. The minimum atomic E-state index is -2.43. The molecular weight excluding hydrogens is 114 g/mol. The standard InChI is InChI=1S/ClNO2S/c1-2-5(3)4. The third-order valence-electron chi connectivity index (χ3n) is 0.0563. The van der Waals surface area contributed by atoms with Crippen LogP contribution in [0.15, 0.2) is 3.88 Å². The Hall–Kier alpha value is -0.0900. The minimum Gasteiger partial charge on any atom is -0.162 e. The second-order valence-corrected chi connectivity index (χ2v) is 1.27. The molecule has 0 saturated carbocycles. The van der Waals surface area contributed by atoms with E-state index in [4.69, 9.17) is 8.42 Å². The van der Waals surface area contributed by atoms with E-state index in [1.54, 1.807) is 0 Å². The average molecular weight is 114 g/mol. The number of hydrogen-bond acceptors (Lipinski definition) is 3. The highest BCUT2D eigenvalue weighted by atomic mass is 35.5. The molecule has 0 aromatic heterocycles. The van der Waals surface area contributed by atoms with Crippen molar-refractivity contribution in [3.63, 3.8) is 0 Å². The lowest BCUT2D eigenvalue weighted by atomic mass is 13.9. The van der Waals surface area contributed by atoms with Crippen molar-refractivity contribution in [2.45, 2.75) is 0 Å². The Morgan fingerprint density at radius 2 is 1.80 bits per heavy atom. The Balaban J connectivity index is 4.25. The maximum Gasteiger partial charge on any atom is 0.328 e. The number of halogens is 1. The molecule has 0 spiro atoms. The molecule has 0 N–H and O–H groups in total. The van der Waals surface area contributed by atoms with Crippen LogP contribution in [0.5, 0.6) is 0 Å². The van der Waals surface area contributed by atoms with Crippen molar-refractivity contribution in [3.8, 4) is 0 Å². The fourth-order valence-electron chi connectivity index (χ4n) is 0. The van der Waals surface area contributed by atoms with Crippen molar-refractivity contribution in [2.75, 3.05) is 0 Å². The van der Waals surface area contributed by atoms with Crippen LogP contribution >= 0.6 is 11.8 Å². The number of rotatable bonds is 0. The van der Waals surface area contributed by atoms with Crippen molar-refractivity contribution in [1.29, 1.82) is 0 Å². The second-order valence-electron chi connectivity index (χ2n) is 0.286. The van der Waals surface area contributed by atoms with Crippen LogP contribution in [0.4, 0.5) is 0 Å². The molecular formula is ClNO2S. The molecule has 5 heteroatoms. The number of hydrogen-bond donors (Lipinski definition) is 0. The quantitative estimate of drug-likeness (QED) is 0.451. The summed E-state index contributed by atoms with van der Waals surface area (Å²) < 4.78 is 20.4. The van der Waals surface area contributed by atoms with Gasteiger partial charge in [-0.25, -0.2) is 0 Å². The lowest BCUT2D eigenvalue weighted by molar-refractivity contribution is 0.623. The summed E-state index contributed by atoms with van der Waals surface area (Å²) in [5.41, 5.74) is 0. The van der Waals surface area contributed by atoms with E-state index in [1.807, 2.05) is 0 Å². The van der Waals surface area contributed by atoms with Crippen LogP contribution in [-0.4, -0.2) is 8.42 Å².